The minimum atomic E-state index is -1.01. The van der Waals surface area contributed by atoms with Crippen molar-refractivity contribution < 1.29 is 23.1 Å². The molecule has 0 aliphatic heterocycles. The van der Waals surface area contributed by atoms with Crippen molar-refractivity contribution in [2.75, 3.05) is 5.32 Å². The first-order valence-corrected chi connectivity index (χ1v) is 8.08. The average molecular weight is 353 g/mol. The number of aromatic carboxylic acids is 1. The molecule has 2 aromatic heterocycles. The number of aromatic nitrogens is 2. The molecule has 2 N–H and O–H groups in total. The lowest BCUT2D eigenvalue weighted by Gasteiger charge is -2.01. The van der Waals surface area contributed by atoms with E-state index in [-0.39, 0.29) is 17.6 Å². The largest absolute Gasteiger partial charge is 0.478 e. The molecule has 0 bridgehead atoms. The van der Waals surface area contributed by atoms with Crippen LogP contribution in [0.3, 0.4) is 0 Å². The second-order valence-corrected chi connectivity index (χ2v) is 6.27. The molecule has 2 aromatic carbocycles. The lowest BCUT2D eigenvalue weighted by Crippen LogP contribution is -1.97. The van der Waals surface area contributed by atoms with E-state index in [2.05, 4.69) is 15.3 Å². The van der Waals surface area contributed by atoms with Gasteiger partial charge in [-0.25, -0.2) is 9.18 Å². The van der Waals surface area contributed by atoms with Gasteiger partial charge in [-0.1, -0.05) is 0 Å². The first kappa shape index (κ1) is 14.9. The van der Waals surface area contributed by atoms with Gasteiger partial charge in [0.25, 0.3) is 0 Å². The van der Waals surface area contributed by atoms with Crippen LogP contribution in [-0.2, 0) is 0 Å². The smallest absolute Gasteiger partial charge is 0.335 e. The van der Waals surface area contributed by atoms with Crippen molar-refractivity contribution in [2.24, 2.45) is 0 Å². The summed E-state index contributed by atoms with van der Waals surface area (Å²) in [6, 6.07) is 7.39. The van der Waals surface area contributed by atoms with Crippen LogP contribution in [0.25, 0.3) is 22.2 Å². The van der Waals surface area contributed by atoms with Crippen molar-refractivity contribution in [3.05, 3.63) is 47.3 Å². The maximum absolute atomic E-state index is 13.3. The summed E-state index contributed by atoms with van der Waals surface area (Å²) in [7, 11) is 0. The minimum Gasteiger partial charge on any atom is -0.478 e. The van der Waals surface area contributed by atoms with Crippen LogP contribution < -0.4 is 5.32 Å². The van der Waals surface area contributed by atoms with Crippen LogP contribution in [0.15, 0.2) is 39.2 Å². The molecule has 0 saturated heterocycles. The van der Waals surface area contributed by atoms with Crippen molar-refractivity contribution in [2.45, 2.75) is 18.8 Å². The zero-order chi connectivity index (χ0) is 17.8. The second-order valence-electron chi connectivity index (χ2n) is 6.27. The molecule has 1 aliphatic rings. The van der Waals surface area contributed by atoms with Crippen LogP contribution in [-0.4, -0.2) is 21.0 Å². The summed E-state index contributed by atoms with van der Waals surface area (Å²) >= 11 is 0. The molecule has 1 fully saturated rings. The van der Waals surface area contributed by atoms with E-state index >= 15 is 0 Å². The molecule has 2 heterocycles. The number of benzene rings is 2. The van der Waals surface area contributed by atoms with E-state index < -0.39 is 11.8 Å². The standard InChI is InChI=1S/C18H12FN3O4/c19-10-3-4-14-12(7-10)20-17(25-14)22-18-21-13-6-9(16(23)24)5-11(8-1-2-8)15(13)26-18/h3-8H,1-2H2,(H,23,24)(H,20,21,22). The Morgan fingerprint density at radius 2 is 1.88 bits per heavy atom. The van der Waals surface area contributed by atoms with Crippen LogP contribution in [0.4, 0.5) is 16.4 Å². The summed E-state index contributed by atoms with van der Waals surface area (Å²) in [4.78, 5) is 19.8. The maximum atomic E-state index is 13.3. The third kappa shape index (κ3) is 2.46. The summed E-state index contributed by atoms with van der Waals surface area (Å²) in [6.07, 6.45) is 2.00. The van der Waals surface area contributed by atoms with Crippen LogP contribution >= 0.6 is 0 Å². The number of carbonyl (C=O) groups is 1. The SMILES string of the molecule is O=C(O)c1cc(C2CC2)c2oc(Nc3nc4cc(F)ccc4o3)nc2c1. The highest BCUT2D eigenvalue weighted by Gasteiger charge is 2.29. The molecule has 0 amide bonds. The zero-order valence-electron chi connectivity index (χ0n) is 13.3. The van der Waals surface area contributed by atoms with E-state index in [0.717, 1.165) is 18.4 Å². The van der Waals surface area contributed by atoms with Crippen LogP contribution in [0.2, 0.25) is 0 Å². The molecular formula is C18H12FN3O4. The highest BCUT2D eigenvalue weighted by molar-refractivity contribution is 5.94. The third-order valence-electron chi connectivity index (χ3n) is 4.35. The maximum Gasteiger partial charge on any atom is 0.335 e. The van der Waals surface area contributed by atoms with Gasteiger partial charge < -0.3 is 13.9 Å². The summed E-state index contributed by atoms with van der Waals surface area (Å²) in [5, 5.41) is 12.1. The normalized spacial score (nSPS) is 14.2. The number of halogens is 1. The van der Waals surface area contributed by atoms with Gasteiger partial charge in [0.1, 0.15) is 16.9 Å². The number of hydrogen-bond acceptors (Lipinski definition) is 6. The summed E-state index contributed by atoms with van der Waals surface area (Å²) < 4.78 is 24.5. The number of carboxylic acid groups (broad SMARTS) is 1. The molecule has 5 rings (SSSR count). The van der Waals surface area contributed by atoms with Gasteiger partial charge in [0, 0.05) is 11.6 Å². The molecular weight excluding hydrogens is 341 g/mol. The Morgan fingerprint density at radius 1 is 1.12 bits per heavy atom. The van der Waals surface area contributed by atoms with E-state index in [1.54, 1.807) is 6.07 Å². The summed E-state index contributed by atoms with van der Waals surface area (Å²) in [5.74, 6) is -1.12. The van der Waals surface area contributed by atoms with E-state index in [4.69, 9.17) is 8.83 Å². The van der Waals surface area contributed by atoms with Crippen molar-refractivity contribution in [3.8, 4) is 0 Å². The van der Waals surface area contributed by atoms with Gasteiger partial charge in [0.2, 0.25) is 0 Å². The Bertz CT molecular complexity index is 1180. The molecule has 1 saturated carbocycles. The number of hydrogen-bond donors (Lipinski definition) is 2. The van der Waals surface area contributed by atoms with E-state index in [1.807, 2.05) is 0 Å². The van der Waals surface area contributed by atoms with E-state index in [9.17, 15) is 14.3 Å². The predicted molar refractivity (Wildman–Crippen MR) is 90.2 cm³/mol. The van der Waals surface area contributed by atoms with Gasteiger partial charge in [0.15, 0.2) is 11.2 Å². The highest BCUT2D eigenvalue weighted by Crippen LogP contribution is 2.44. The first-order valence-electron chi connectivity index (χ1n) is 8.08. The molecule has 8 heteroatoms. The Balaban J connectivity index is 1.56. The first-order chi connectivity index (χ1) is 12.6. The fourth-order valence-corrected chi connectivity index (χ4v) is 2.98. The van der Waals surface area contributed by atoms with Crippen molar-refractivity contribution >= 4 is 40.2 Å². The Hall–Kier alpha value is -3.42. The lowest BCUT2D eigenvalue weighted by atomic mass is 10.1. The quantitative estimate of drug-likeness (QED) is 0.559. The molecule has 0 spiro atoms. The Labute approximate surface area is 145 Å². The molecule has 0 radical (unpaired) electrons. The van der Waals surface area contributed by atoms with Crippen molar-refractivity contribution in [1.82, 2.24) is 9.97 Å². The number of nitrogens with one attached hydrogen (secondary N) is 1. The molecule has 7 nitrogen and oxygen atoms in total. The Kier molecular flexibility index (Phi) is 3.03. The minimum absolute atomic E-state index is 0.114. The number of fused-ring (bicyclic) bond motifs is 2. The van der Waals surface area contributed by atoms with Crippen molar-refractivity contribution in [1.29, 1.82) is 0 Å². The molecule has 26 heavy (non-hydrogen) atoms. The fourth-order valence-electron chi connectivity index (χ4n) is 2.98. The number of anilines is 2. The predicted octanol–water partition coefficient (Wildman–Crippen LogP) is 4.43. The van der Waals surface area contributed by atoms with Gasteiger partial charge in [-0.05, 0) is 43.0 Å². The lowest BCUT2D eigenvalue weighted by molar-refractivity contribution is 0.0697. The van der Waals surface area contributed by atoms with Gasteiger partial charge in [0.05, 0.1) is 5.56 Å². The zero-order valence-corrected chi connectivity index (χ0v) is 13.3. The monoisotopic (exact) mass is 353 g/mol. The third-order valence-corrected chi connectivity index (χ3v) is 4.35. The van der Waals surface area contributed by atoms with Gasteiger partial charge >= 0.3 is 18.0 Å². The molecule has 0 atom stereocenters. The molecule has 4 aromatic rings. The Morgan fingerprint density at radius 3 is 2.65 bits per heavy atom. The number of carboxylic acids is 1. The van der Waals surface area contributed by atoms with Crippen LogP contribution in [0, 0.1) is 5.82 Å². The summed E-state index contributed by atoms with van der Waals surface area (Å²) in [6.45, 7) is 0. The molecule has 130 valence electrons. The van der Waals surface area contributed by atoms with Gasteiger partial charge in [-0.3, -0.25) is 5.32 Å². The second kappa shape index (κ2) is 5.29. The molecule has 0 unspecified atom stereocenters. The fraction of sp³-hybridized carbons (Fsp3) is 0.167. The number of rotatable bonds is 4. The van der Waals surface area contributed by atoms with Gasteiger partial charge in [-0.15, -0.1) is 0 Å². The van der Waals surface area contributed by atoms with E-state index in [0.29, 0.717) is 28.1 Å². The average Bonchev–Trinajstić information content (AvgIpc) is 3.24. The molecule has 1 aliphatic carbocycles. The van der Waals surface area contributed by atoms with Crippen LogP contribution in [0.1, 0.15) is 34.7 Å². The summed E-state index contributed by atoms with van der Waals surface area (Å²) in [5.41, 5.74) is 2.84. The topological polar surface area (TPSA) is 101 Å². The van der Waals surface area contributed by atoms with Gasteiger partial charge in [-0.2, -0.15) is 9.97 Å². The van der Waals surface area contributed by atoms with Crippen LogP contribution in [0.5, 0.6) is 0 Å². The van der Waals surface area contributed by atoms with Crippen molar-refractivity contribution in [3.63, 3.8) is 0 Å². The highest BCUT2D eigenvalue weighted by atomic mass is 19.1. The van der Waals surface area contributed by atoms with E-state index in [1.165, 1.54) is 24.3 Å². The number of oxazole rings is 2. The number of nitrogens with zero attached hydrogens (tertiary/aromatic N) is 2.